The number of phenols is 1. The SMILES string of the molecule is CC1(CO)C(O)CCC2(C)C(CC(=O)Nc3cccc(O)c3)c3nc(NCc4ccccc4)sc3CC12. The van der Waals surface area contributed by atoms with Gasteiger partial charge in [0, 0.05) is 40.9 Å². The van der Waals surface area contributed by atoms with Gasteiger partial charge in [-0.05, 0) is 48.3 Å². The predicted octanol–water partition coefficient (Wildman–Crippen LogP) is 4.91. The first-order chi connectivity index (χ1) is 17.7. The number of nitrogens with one attached hydrogen (secondary N) is 2. The molecule has 1 saturated carbocycles. The van der Waals surface area contributed by atoms with Gasteiger partial charge in [-0.25, -0.2) is 4.98 Å². The summed E-state index contributed by atoms with van der Waals surface area (Å²) in [4.78, 5) is 19.4. The average Bonchev–Trinajstić information content (AvgIpc) is 3.30. The summed E-state index contributed by atoms with van der Waals surface area (Å²) in [7, 11) is 0. The highest BCUT2D eigenvalue weighted by atomic mass is 32.1. The molecule has 5 N–H and O–H groups in total. The van der Waals surface area contributed by atoms with Crippen molar-refractivity contribution in [2.75, 3.05) is 17.2 Å². The number of aromatic nitrogens is 1. The number of thiazole rings is 1. The predicted molar refractivity (Wildman–Crippen MR) is 146 cm³/mol. The molecule has 7 nitrogen and oxygen atoms in total. The van der Waals surface area contributed by atoms with Gasteiger partial charge in [-0.1, -0.05) is 50.2 Å². The van der Waals surface area contributed by atoms with Gasteiger partial charge in [-0.2, -0.15) is 0 Å². The minimum Gasteiger partial charge on any atom is -0.508 e. The van der Waals surface area contributed by atoms with E-state index in [1.54, 1.807) is 29.5 Å². The number of phenolic OH excluding ortho intramolecular Hbond substituents is 1. The van der Waals surface area contributed by atoms with Crippen LogP contribution >= 0.6 is 11.3 Å². The lowest BCUT2D eigenvalue weighted by molar-refractivity contribution is -0.143. The van der Waals surface area contributed by atoms with Crippen molar-refractivity contribution >= 4 is 28.1 Å². The number of fused-ring (bicyclic) bond motifs is 2. The van der Waals surface area contributed by atoms with Crippen molar-refractivity contribution in [3.8, 4) is 5.75 Å². The van der Waals surface area contributed by atoms with Crippen LogP contribution in [0.25, 0.3) is 0 Å². The van der Waals surface area contributed by atoms with E-state index < -0.39 is 11.5 Å². The summed E-state index contributed by atoms with van der Waals surface area (Å²) in [5, 5.41) is 38.4. The molecule has 3 aromatic rings. The second kappa shape index (κ2) is 10.1. The van der Waals surface area contributed by atoms with Crippen LogP contribution in [0.3, 0.4) is 0 Å². The molecule has 1 fully saturated rings. The molecule has 2 aliphatic carbocycles. The molecule has 5 atom stereocenters. The topological polar surface area (TPSA) is 115 Å². The molecule has 1 amide bonds. The number of amides is 1. The van der Waals surface area contributed by atoms with Gasteiger partial charge in [0.2, 0.25) is 5.91 Å². The van der Waals surface area contributed by atoms with E-state index in [9.17, 15) is 20.1 Å². The Balaban J connectivity index is 1.47. The Morgan fingerprint density at radius 3 is 2.68 bits per heavy atom. The number of carbonyl (C=O) groups is 1. The van der Waals surface area contributed by atoms with Gasteiger partial charge in [-0.3, -0.25) is 4.79 Å². The monoisotopic (exact) mass is 521 g/mol. The Morgan fingerprint density at radius 2 is 1.95 bits per heavy atom. The van der Waals surface area contributed by atoms with Crippen molar-refractivity contribution in [1.29, 1.82) is 0 Å². The van der Waals surface area contributed by atoms with Crippen LogP contribution in [0.1, 0.15) is 55.2 Å². The van der Waals surface area contributed by atoms with Crippen molar-refractivity contribution in [3.63, 3.8) is 0 Å². The fourth-order valence-corrected chi connectivity index (χ4v) is 7.54. The highest BCUT2D eigenvalue weighted by Gasteiger charge is 2.59. The Morgan fingerprint density at radius 1 is 1.16 bits per heavy atom. The maximum absolute atomic E-state index is 13.3. The van der Waals surface area contributed by atoms with Gasteiger partial charge in [0.25, 0.3) is 0 Å². The second-order valence-electron chi connectivity index (χ2n) is 11.0. The number of rotatable bonds is 7. The van der Waals surface area contributed by atoms with Crippen molar-refractivity contribution in [2.45, 2.75) is 58.1 Å². The summed E-state index contributed by atoms with van der Waals surface area (Å²) in [6, 6.07) is 16.7. The zero-order valence-corrected chi connectivity index (χ0v) is 22.1. The molecule has 196 valence electrons. The van der Waals surface area contributed by atoms with Crippen molar-refractivity contribution in [2.24, 2.45) is 16.7 Å². The van der Waals surface area contributed by atoms with Crippen molar-refractivity contribution < 1.29 is 20.1 Å². The first-order valence-electron chi connectivity index (χ1n) is 12.9. The van der Waals surface area contributed by atoms with Gasteiger partial charge in [0.1, 0.15) is 5.75 Å². The van der Waals surface area contributed by atoms with Crippen LogP contribution < -0.4 is 10.6 Å². The van der Waals surface area contributed by atoms with E-state index in [0.29, 0.717) is 18.7 Å². The standard InChI is InChI=1S/C29H35N3O4S/c1-28-12-11-24(35)29(2,17-33)23(28)15-22-26(32-27(37-22)30-16-18-7-4-3-5-8-18)21(28)14-25(36)31-19-9-6-10-20(34)13-19/h3-10,13,21,23-24,33-35H,11-12,14-17H2,1-2H3,(H,30,32)(H,31,36). The summed E-state index contributed by atoms with van der Waals surface area (Å²) < 4.78 is 0. The summed E-state index contributed by atoms with van der Waals surface area (Å²) in [6.07, 6.45) is 1.68. The molecular weight excluding hydrogens is 486 g/mol. The molecule has 1 heterocycles. The van der Waals surface area contributed by atoms with Crippen LogP contribution in [0.2, 0.25) is 0 Å². The number of aromatic hydroxyl groups is 1. The van der Waals surface area contributed by atoms with Gasteiger partial charge in [0.05, 0.1) is 18.4 Å². The van der Waals surface area contributed by atoms with Gasteiger partial charge < -0.3 is 26.0 Å². The zero-order chi connectivity index (χ0) is 26.2. The Labute approximate surface area is 221 Å². The fraction of sp³-hybridized carbons (Fsp3) is 0.448. The Hall–Kier alpha value is -2.94. The van der Waals surface area contributed by atoms with Crippen LogP contribution in [-0.4, -0.2) is 38.9 Å². The van der Waals surface area contributed by atoms with Crippen LogP contribution in [0, 0.1) is 16.7 Å². The molecule has 0 saturated heterocycles. The van der Waals surface area contributed by atoms with E-state index >= 15 is 0 Å². The third-order valence-corrected chi connectivity index (χ3v) is 9.75. The van der Waals surface area contributed by atoms with E-state index in [-0.39, 0.29) is 41.9 Å². The largest absolute Gasteiger partial charge is 0.508 e. The number of carbonyl (C=O) groups excluding carboxylic acids is 1. The molecule has 2 aliphatic rings. The minimum absolute atomic E-state index is 0.00208. The van der Waals surface area contributed by atoms with Crippen LogP contribution in [0.5, 0.6) is 5.75 Å². The summed E-state index contributed by atoms with van der Waals surface area (Å²) >= 11 is 1.61. The molecule has 8 heteroatoms. The average molecular weight is 522 g/mol. The number of nitrogens with zero attached hydrogens (tertiary/aromatic N) is 1. The summed E-state index contributed by atoms with van der Waals surface area (Å²) in [5.74, 6) is -0.215. The second-order valence-corrected chi connectivity index (χ2v) is 12.1. The molecule has 2 aromatic carbocycles. The van der Waals surface area contributed by atoms with Crippen LogP contribution in [-0.2, 0) is 17.8 Å². The minimum atomic E-state index is -0.660. The Kier molecular flexibility index (Phi) is 7.00. The van der Waals surface area contributed by atoms with Gasteiger partial charge in [-0.15, -0.1) is 11.3 Å². The first kappa shape index (κ1) is 25.7. The number of hydrogen-bond acceptors (Lipinski definition) is 7. The molecule has 37 heavy (non-hydrogen) atoms. The summed E-state index contributed by atoms with van der Waals surface area (Å²) in [6.45, 7) is 4.72. The van der Waals surface area contributed by atoms with E-state index in [1.165, 1.54) is 6.07 Å². The number of aliphatic hydroxyl groups excluding tert-OH is 2. The summed E-state index contributed by atoms with van der Waals surface area (Å²) in [5.41, 5.74) is 1.68. The van der Waals surface area contributed by atoms with Gasteiger partial charge in [0.15, 0.2) is 5.13 Å². The highest BCUT2D eigenvalue weighted by Crippen LogP contribution is 2.62. The lowest BCUT2D eigenvalue weighted by Crippen LogP contribution is -2.57. The molecular formula is C29H35N3O4S. The normalized spacial score (nSPS) is 28.7. The first-order valence-corrected chi connectivity index (χ1v) is 13.7. The number of aliphatic hydroxyl groups is 2. The van der Waals surface area contributed by atoms with Crippen molar-refractivity contribution in [1.82, 2.24) is 4.98 Å². The Bertz CT molecular complexity index is 1270. The third-order valence-electron chi connectivity index (χ3n) is 8.70. The third kappa shape index (κ3) is 4.85. The maximum Gasteiger partial charge on any atom is 0.225 e. The van der Waals surface area contributed by atoms with E-state index in [1.807, 2.05) is 25.1 Å². The fourth-order valence-electron chi connectivity index (χ4n) is 6.48. The number of anilines is 2. The zero-order valence-electron chi connectivity index (χ0n) is 21.3. The maximum atomic E-state index is 13.3. The molecule has 0 aliphatic heterocycles. The van der Waals surface area contributed by atoms with Gasteiger partial charge >= 0.3 is 0 Å². The van der Waals surface area contributed by atoms with E-state index in [4.69, 9.17) is 4.98 Å². The smallest absolute Gasteiger partial charge is 0.225 e. The quantitative estimate of drug-likeness (QED) is 0.302. The van der Waals surface area contributed by atoms with Crippen molar-refractivity contribution in [3.05, 3.63) is 70.7 Å². The highest BCUT2D eigenvalue weighted by molar-refractivity contribution is 7.15. The molecule has 5 rings (SSSR count). The molecule has 0 bridgehead atoms. The van der Waals surface area contributed by atoms with Crippen LogP contribution in [0.4, 0.5) is 10.8 Å². The molecule has 0 radical (unpaired) electrons. The number of benzene rings is 2. The molecule has 5 unspecified atom stereocenters. The van der Waals surface area contributed by atoms with Crippen LogP contribution in [0.15, 0.2) is 54.6 Å². The lowest BCUT2D eigenvalue weighted by Gasteiger charge is -2.58. The molecule has 1 aromatic heterocycles. The number of hydrogen-bond donors (Lipinski definition) is 5. The van der Waals surface area contributed by atoms with E-state index in [0.717, 1.165) is 34.1 Å². The lowest BCUT2D eigenvalue weighted by atomic mass is 9.47. The van der Waals surface area contributed by atoms with E-state index in [2.05, 4.69) is 29.7 Å². The molecule has 0 spiro atoms.